The molecular formula is C12H11N3O4. The summed E-state index contributed by atoms with van der Waals surface area (Å²) in [6.45, 7) is 0. The molecule has 0 radical (unpaired) electrons. The number of methoxy groups -OCH3 is 1. The average Bonchev–Trinajstić information content (AvgIpc) is 2.85. The molecule has 7 heteroatoms. The van der Waals surface area contributed by atoms with Crippen molar-refractivity contribution < 1.29 is 14.3 Å². The Morgan fingerprint density at radius 1 is 1.32 bits per heavy atom. The van der Waals surface area contributed by atoms with E-state index < -0.39 is 17.6 Å². The van der Waals surface area contributed by atoms with Crippen LogP contribution in [0.4, 0.5) is 5.69 Å². The minimum atomic E-state index is -0.494. The second-order valence-electron chi connectivity index (χ2n) is 3.68. The van der Waals surface area contributed by atoms with Gasteiger partial charge in [0.15, 0.2) is 0 Å². The lowest BCUT2D eigenvalue weighted by Crippen LogP contribution is -2.14. The summed E-state index contributed by atoms with van der Waals surface area (Å²) in [4.78, 5) is 38.6. The first kappa shape index (κ1) is 12.6. The highest BCUT2D eigenvalue weighted by Gasteiger charge is 2.10. The molecule has 1 aromatic carbocycles. The molecule has 0 spiro atoms. The SMILES string of the molecule is COC(=O)c1cccc(NC(=O)c2c[nH]c(=O)[nH]2)c1. The lowest BCUT2D eigenvalue weighted by molar-refractivity contribution is 0.0600. The Morgan fingerprint density at radius 2 is 2.11 bits per heavy atom. The van der Waals surface area contributed by atoms with Crippen molar-refractivity contribution >= 4 is 17.6 Å². The molecule has 0 fully saturated rings. The van der Waals surface area contributed by atoms with Crippen LogP contribution in [0.25, 0.3) is 0 Å². The Hall–Kier alpha value is -2.83. The number of esters is 1. The third-order valence-corrected chi connectivity index (χ3v) is 2.38. The molecule has 7 nitrogen and oxygen atoms in total. The number of H-pyrrole nitrogens is 2. The van der Waals surface area contributed by atoms with E-state index in [1.54, 1.807) is 18.2 Å². The zero-order valence-electron chi connectivity index (χ0n) is 10.0. The largest absolute Gasteiger partial charge is 0.465 e. The molecule has 0 aliphatic carbocycles. The summed E-state index contributed by atoms with van der Waals surface area (Å²) >= 11 is 0. The number of carbonyl (C=O) groups excluding carboxylic acids is 2. The molecule has 0 saturated heterocycles. The fraction of sp³-hybridized carbons (Fsp3) is 0.0833. The smallest absolute Gasteiger partial charge is 0.337 e. The van der Waals surface area contributed by atoms with E-state index in [2.05, 4.69) is 20.0 Å². The molecule has 3 N–H and O–H groups in total. The van der Waals surface area contributed by atoms with Crippen LogP contribution in [0.5, 0.6) is 0 Å². The summed E-state index contributed by atoms with van der Waals surface area (Å²) in [6, 6.07) is 6.28. The molecule has 2 aromatic rings. The van der Waals surface area contributed by atoms with Crippen LogP contribution in [0.15, 0.2) is 35.3 Å². The number of anilines is 1. The molecule has 2 rings (SSSR count). The average molecular weight is 261 g/mol. The zero-order valence-corrected chi connectivity index (χ0v) is 10.0. The van der Waals surface area contributed by atoms with Gasteiger partial charge in [-0.05, 0) is 18.2 Å². The Labute approximate surface area is 107 Å². The first-order chi connectivity index (χ1) is 9.10. The zero-order chi connectivity index (χ0) is 13.8. The van der Waals surface area contributed by atoms with Gasteiger partial charge in [-0.3, -0.25) is 4.79 Å². The van der Waals surface area contributed by atoms with Crippen molar-refractivity contribution in [3.05, 3.63) is 52.2 Å². The fourth-order valence-corrected chi connectivity index (χ4v) is 1.49. The van der Waals surface area contributed by atoms with E-state index >= 15 is 0 Å². The minimum Gasteiger partial charge on any atom is -0.465 e. The quantitative estimate of drug-likeness (QED) is 0.709. The summed E-state index contributed by atoms with van der Waals surface area (Å²) in [5, 5.41) is 2.55. The number of hydrogen-bond donors (Lipinski definition) is 3. The molecule has 1 aromatic heterocycles. The Bertz CT molecular complexity index is 671. The number of nitrogens with one attached hydrogen (secondary N) is 3. The molecule has 0 aliphatic heterocycles. The van der Waals surface area contributed by atoms with Crippen molar-refractivity contribution in [3.63, 3.8) is 0 Å². The number of aromatic nitrogens is 2. The number of hydrogen-bond acceptors (Lipinski definition) is 4. The highest BCUT2D eigenvalue weighted by molar-refractivity contribution is 6.03. The summed E-state index contributed by atoms with van der Waals surface area (Å²) in [6.07, 6.45) is 1.27. The third kappa shape index (κ3) is 2.89. The van der Waals surface area contributed by atoms with Crippen molar-refractivity contribution in [3.8, 4) is 0 Å². The molecule has 98 valence electrons. The van der Waals surface area contributed by atoms with Gasteiger partial charge in [-0.1, -0.05) is 6.07 Å². The highest BCUT2D eigenvalue weighted by Crippen LogP contribution is 2.12. The van der Waals surface area contributed by atoms with Crippen LogP contribution in [-0.2, 0) is 4.74 Å². The molecule has 0 bridgehead atoms. The van der Waals surface area contributed by atoms with Crippen LogP contribution in [0.2, 0.25) is 0 Å². The Morgan fingerprint density at radius 3 is 2.74 bits per heavy atom. The van der Waals surface area contributed by atoms with E-state index in [0.717, 1.165) is 0 Å². The summed E-state index contributed by atoms with van der Waals surface area (Å²) < 4.78 is 4.58. The minimum absolute atomic E-state index is 0.105. The highest BCUT2D eigenvalue weighted by atomic mass is 16.5. The number of imidazole rings is 1. The van der Waals surface area contributed by atoms with E-state index in [4.69, 9.17) is 0 Å². The van der Waals surface area contributed by atoms with Crippen molar-refractivity contribution in [2.75, 3.05) is 12.4 Å². The van der Waals surface area contributed by atoms with Crippen LogP contribution >= 0.6 is 0 Å². The predicted molar refractivity (Wildman–Crippen MR) is 67.1 cm³/mol. The van der Waals surface area contributed by atoms with Gasteiger partial charge in [0.05, 0.1) is 12.7 Å². The lowest BCUT2D eigenvalue weighted by atomic mass is 10.2. The number of ether oxygens (including phenoxy) is 1. The van der Waals surface area contributed by atoms with E-state index in [9.17, 15) is 14.4 Å². The maximum absolute atomic E-state index is 11.8. The van der Waals surface area contributed by atoms with Crippen LogP contribution < -0.4 is 11.0 Å². The first-order valence-corrected chi connectivity index (χ1v) is 5.37. The van der Waals surface area contributed by atoms with Crippen LogP contribution in [0.3, 0.4) is 0 Å². The second kappa shape index (κ2) is 5.21. The maximum Gasteiger partial charge on any atom is 0.337 e. The fourth-order valence-electron chi connectivity index (χ4n) is 1.49. The molecule has 1 heterocycles. The summed E-state index contributed by atoms with van der Waals surface area (Å²) in [7, 11) is 1.28. The standard InChI is InChI=1S/C12H11N3O4/c1-19-11(17)7-3-2-4-8(5-7)14-10(16)9-6-13-12(18)15-9/h2-6H,1H3,(H,14,16)(H2,13,15,18). The molecule has 0 aliphatic rings. The number of rotatable bonds is 3. The molecule has 0 saturated carbocycles. The van der Waals surface area contributed by atoms with Gasteiger partial charge in [0.1, 0.15) is 5.69 Å². The van der Waals surface area contributed by atoms with Gasteiger partial charge in [-0.2, -0.15) is 0 Å². The molecular weight excluding hydrogens is 250 g/mol. The van der Waals surface area contributed by atoms with Crippen molar-refractivity contribution in [1.29, 1.82) is 0 Å². The summed E-state index contributed by atoms with van der Waals surface area (Å²) in [5.41, 5.74) is 0.389. The van der Waals surface area contributed by atoms with Crippen LogP contribution in [0.1, 0.15) is 20.8 Å². The maximum atomic E-state index is 11.8. The van der Waals surface area contributed by atoms with E-state index in [1.807, 2.05) is 0 Å². The third-order valence-electron chi connectivity index (χ3n) is 2.38. The van der Waals surface area contributed by atoms with Gasteiger partial charge in [0.25, 0.3) is 5.91 Å². The van der Waals surface area contributed by atoms with Gasteiger partial charge in [0, 0.05) is 11.9 Å². The van der Waals surface area contributed by atoms with Crippen LogP contribution in [0, 0.1) is 0 Å². The van der Waals surface area contributed by atoms with Gasteiger partial charge in [0.2, 0.25) is 0 Å². The number of carbonyl (C=O) groups is 2. The van der Waals surface area contributed by atoms with Gasteiger partial charge >= 0.3 is 11.7 Å². The number of amides is 1. The monoisotopic (exact) mass is 261 g/mol. The number of aromatic amines is 2. The molecule has 19 heavy (non-hydrogen) atoms. The van der Waals surface area contributed by atoms with Crippen molar-refractivity contribution in [2.24, 2.45) is 0 Å². The van der Waals surface area contributed by atoms with Gasteiger partial charge in [-0.15, -0.1) is 0 Å². The summed E-state index contributed by atoms with van der Waals surface area (Å²) in [5.74, 6) is -0.980. The molecule has 0 atom stereocenters. The van der Waals surface area contributed by atoms with Crippen molar-refractivity contribution in [1.82, 2.24) is 9.97 Å². The molecule has 1 amide bonds. The second-order valence-corrected chi connectivity index (χ2v) is 3.68. The lowest BCUT2D eigenvalue weighted by Gasteiger charge is -2.05. The van der Waals surface area contributed by atoms with E-state index in [-0.39, 0.29) is 5.69 Å². The van der Waals surface area contributed by atoms with Gasteiger partial charge in [-0.25, -0.2) is 9.59 Å². The first-order valence-electron chi connectivity index (χ1n) is 5.37. The van der Waals surface area contributed by atoms with Crippen molar-refractivity contribution in [2.45, 2.75) is 0 Å². The predicted octanol–water partition coefficient (Wildman–Crippen LogP) is 0.742. The molecule has 0 unspecified atom stereocenters. The van der Waals surface area contributed by atoms with Crippen LogP contribution in [-0.4, -0.2) is 29.0 Å². The normalized spacial score (nSPS) is 9.95. The number of benzene rings is 1. The Balaban J connectivity index is 2.17. The van der Waals surface area contributed by atoms with E-state index in [1.165, 1.54) is 19.4 Å². The topological polar surface area (TPSA) is 104 Å². The van der Waals surface area contributed by atoms with Gasteiger partial charge < -0.3 is 20.0 Å². The Kier molecular flexibility index (Phi) is 3.46. The van der Waals surface area contributed by atoms with E-state index in [0.29, 0.717) is 11.3 Å².